The molecule has 3 aromatic carbocycles. The summed E-state index contributed by atoms with van der Waals surface area (Å²) in [7, 11) is 0. The maximum Gasteiger partial charge on any atom is 0.262 e. The minimum absolute atomic E-state index is 0.0434. The zero-order valence-electron chi connectivity index (χ0n) is 18.6. The van der Waals surface area contributed by atoms with Gasteiger partial charge in [-0.25, -0.2) is 9.37 Å². The van der Waals surface area contributed by atoms with Crippen molar-refractivity contribution in [1.82, 2.24) is 14.9 Å². The summed E-state index contributed by atoms with van der Waals surface area (Å²) in [5.41, 5.74) is 3.24. The highest BCUT2D eigenvalue weighted by atomic mass is 32.1. The second-order valence-electron chi connectivity index (χ2n) is 8.99. The molecule has 6 heteroatoms. The van der Waals surface area contributed by atoms with Crippen LogP contribution >= 0.6 is 11.3 Å². The average molecular weight is 470 g/mol. The number of halogens is 1. The van der Waals surface area contributed by atoms with Crippen LogP contribution in [0.15, 0.2) is 77.9 Å². The maximum absolute atomic E-state index is 13.5. The molecule has 1 aliphatic rings. The van der Waals surface area contributed by atoms with Crippen LogP contribution in [0.1, 0.15) is 28.0 Å². The fraction of sp³-hybridized carbons (Fsp3) is 0.214. The zero-order valence-corrected chi connectivity index (χ0v) is 19.4. The lowest BCUT2D eigenvalue weighted by Gasteiger charge is -2.23. The highest BCUT2D eigenvalue weighted by Gasteiger charge is 2.25. The van der Waals surface area contributed by atoms with Crippen LogP contribution in [0.3, 0.4) is 0 Å². The van der Waals surface area contributed by atoms with Crippen LogP contribution in [-0.4, -0.2) is 15.6 Å². The van der Waals surface area contributed by atoms with E-state index in [9.17, 15) is 9.18 Å². The summed E-state index contributed by atoms with van der Waals surface area (Å²) in [5, 5.41) is 6.71. The summed E-state index contributed by atoms with van der Waals surface area (Å²) in [6.07, 6.45) is 4.36. The Morgan fingerprint density at radius 2 is 1.91 bits per heavy atom. The van der Waals surface area contributed by atoms with Crippen LogP contribution in [-0.2, 0) is 25.9 Å². The van der Waals surface area contributed by atoms with Gasteiger partial charge in [0.15, 0.2) is 0 Å². The predicted molar refractivity (Wildman–Crippen MR) is 136 cm³/mol. The van der Waals surface area contributed by atoms with Gasteiger partial charge in [0.1, 0.15) is 10.6 Å². The number of aryl methyl sites for hydroxylation is 1. The number of nitrogens with zero attached hydrogens (tertiary/aromatic N) is 2. The monoisotopic (exact) mass is 469 g/mol. The van der Waals surface area contributed by atoms with Crippen molar-refractivity contribution < 1.29 is 4.39 Å². The number of hydrogen-bond donors (Lipinski definition) is 1. The molecule has 170 valence electrons. The van der Waals surface area contributed by atoms with Gasteiger partial charge in [-0.1, -0.05) is 48.5 Å². The Labute approximate surface area is 200 Å². The fourth-order valence-corrected chi connectivity index (χ4v) is 6.19. The summed E-state index contributed by atoms with van der Waals surface area (Å²) >= 11 is 1.63. The summed E-state index contributed by atoms with van der Waals surface area (Å²) in [6.45, 7) is 1.15. The molecule has 0 aliphatic heterocycles. The van der Waals surface area contributed by atoms with E-state index in [1.807, 2.05) is 18.2 Å². The lowest BCUT2D eigenvalue weighted by Crippen LogP contribution is -2.33. The molecule has 0 saturated carbocycles. The van der Waals surface area contributed by atoms with Crippen molar-refractivity contribution in [2.24, 2.45) is 0 Å². The van der Waals surface area contributed by atoms with E-state index in [-0.39, 0.29) is 11.4 Å². The molecule has 0 spiro atoms. The highest BCUT2D eigenvalue weighted by Crippen LogP contribution is 2.33. The van der Waals surface area contributed by atoms with Gasteiger partial charge in [-0.3, -0.25) is 9.36 Å². The number of hydrogen-bond acceptors (Lipinski definition) is 4. The van der Waals surface area contributed by atoms with Crippen molar-refractivity contribution in [3.63, 3.8) is 0 Å². The van der Waals surface area contributed by atoms with Crippen molar-refractivity contribution in [3.8, 4) is 0 Å². The van der Waals surface area contributed by atoms with Crippen LogP contribution in [0.25, 0.3) is 21.0 Å². The molecule has 4 nitrogen and oxygen atoms in total. The van der Waals surface area contributed by atoms with E-state index in [4.69, 9.17) is 0 Å². The molecule has 0 fully saturated rings. The third kappa shape index (κ3) is 4.04. The van der Waals surface area contributed by atoms with Gasteiger partial charge in [0, 0.05) is 17.5 Å². The largest absolute Gasteiger partial charge is 0.310 e. The van der Waals surface area contributed by atoms with Crippen LogP contribution in [0, 0.1) is 5.82 Å². The minimum atomic E-state index is -0.208. The van der Waals surface area contributed by atoms with Crippen molar-refractivity contribution in [2.45, 2.75) is 38.4 Å². The first-order chi connectivity index (χ1) is 16.6. The molecule has 0 radical (unpaired) electrons. The average Bonchev–Trinajstić information content (AvgIpc) is 3.23. The first-order valence-electron chi connectivity index (χ1n) is 11.6. The molecule has 34 heavy (non-hydrogen) atoms. The van der Waals surface area contributed by atoms with Gasteiger partial charge in [0.2, 0.25) is 0 Å². The molecule has 6 rings (SSSR count). The summed E-state index contributed by atoms with van der Waals surface area (Å²) in [5.74, 6) is -0.208. The van der Waals surface area contributed by atoms with Gasteiger partial charge in [0.25, 0.3) is 5.56 Å². The number of aromatic nitrogens is 2. The van der Waals surface area contributed by atoms with Gasteiger partial charge in [-0.15, -0.1) is 11.3 Å². The molecule has 0 amide bonds. The molecular weight excluding hydrogens is 445 g/mol. The van der Waals surface area contributed by atoms with Crippen molar-refractivity contribution in [2.75, 3.05) is 0 Å². The number of nitrogens with one attached hydrogen (secondary N) is 1. The summed E-state index contributed by atoms with van der Waals surface area (Å²) in [4.78, 5) is 20.2. The third-order valence-corrected chi connectivity index (χ3v) is 7.85. The van der Waals surface area contributed by atoms with Crippen molar-refractivity contribution in [1.29, 1.82) is 0 Å². The standard InChI is InChI=1S/C28H24FN3OS/c29-22-7-3-4-18(13-22)15-30-23-10-11-24-25(14-23)34-27-26(24)28(33)32(17-31-27)16-19-8-9-20-5-1-2-6-21(20)12-19/h1-9,12-13,17,23,30H,10-11,14-16H2. The molecule has 2 heterocycles. The van der Waals surface area contributed by atoms with Crippen LogP contribution in [0.5, 0.6) is 0 Å². The summed E-state index contributed by atoms with van der Waals surface area (Å²) < 4.78 is 15.2. The van der Waals surface area contributed by atoms with Gasteiger partial charge in [0.05, 0.1) is 18.3 Å². The molecule has 0 bridgehead atoms. The topological polar surface area (TPSA) is 46.9 Å². The smallest absolute Gasteiger partial charge is 0.262 e. The Morgan fingerprint density at radius 3 is 2.79 bits per heavy atom. The van der Waals surface area contributed by atoms with Crippen LogP contribution in [0.4, 0.5) is 4.39 Å². The number of rotatable bonds is 5. The highest BCUT2D eigenvalue weighted by molar-refractivity contribution is 7.18. The van der Waals surface area contributed by atoms with E-state index in [2.05, 4.69) is 40.6 Å². The van der Waals surface area contributed by atoms with Crippen LogP contribution < -0.4 is 10.9 Å². The molecular formula is C28H24FN3OS. The second kappa shape index (κ2) is 8.78. The predicted octanol–water partition coefficient (Wildman–Crippen LogP) is 5.45. The molecule has 0 saturated heterocycles. The Balaban J connectivity index is 1.24. The minimum Gasteiger partial charge on any atom is -0.310 e. The zero-order chi connectivity index (χ0) is 23.1. The first-order valence-corrected chi connectivity index (χ1v) is 12.4. The van der Waals surface area contributed by atoms with Crippen molar-refractivity contribution >= 4 is 32.3 Å². The molecule has 5 aromatic rings. The second-order valence-corrected chi connectivity index (χ2v) is 10.1. The molecule has 1 atom stereocenters. The Morgan fingerprint density at radius 1 is 1.03 bits per heavy atom. The number of benzene rings is 3. The van der Waals surface area contributed by atoms with E-state index in [1.165, 1.54) is 21.7 Å². The summed E-state index contributed by atoms with van der Waals surface area (Å²) in [6, 6.07) is 21.6. The quantitative estimate of drug-likeness (QED) is 0.373. The Bertz CT molecular complexity index is 1570. The molecule has 1 aliphatic carbocycles. The van der Waals surface area contributed by atoms with E-state index >= 15 is 0 Å². The van der Waals surface area contributed by atoms with Gasteiger partial charge < -0.3 is 5.32 Å². The third-order valence-electron chi connectivity index (χ3n) is 6.69. The molecule has 1 N–H and O–H groups in total. The van der Waals surface area contributed by atoms with E-state index < -0.39 is 0 Å². The first kappa shape index (κ1) is 21.2. The fourth-order valence-electron chi connectivity index (χ4n) is 4.93. The Kier molecular flexibility index (Phi) is 5.47. The molecule has 1 unspecified atom stereocenters. The SMILES string of the molecule is O=c1c2c3c(sc2ncn1Cc1ccc2ccccc2c1)CC(NCc1cccc(F)c1)CC3. The lowest BCUT2D eigenvalue weighted by atomic mass is 9.93. The lowest BCUT2D eigenvalue weighted by molar-refractivity contribution is 0.462. The number of fused-ring (bicyclic) bond motifs is 4. The van der Waals surface area contributed by atoms with E-state index in [0.717, 1.165) is 46.2 Å². The van der Waals surface area contributed by atoms with Gasteiger partial charge in [-0.2, -0.15) is 0 Å². The number of thiophene rings is 1. The van der Waals surface area contributed by atoms with Crippen molar-refractivity contribution in [3.05, 3.63) is 111 Å². The normalized spacial score (nSPS) is 15.6. The van der Waals surface area contributed by atoms with Gasteiger partial charge in [-0.05, 0) is 64.9 Å². The van der Waals surface area contributed by atoms with E-state index in [0.29, 0.717) is 19.1 Å². The maximum atomic E-state index is 13.5. The Hall–Kier alpha value is -3.35. The molecule has 2 aromatic heterocycles. The van der Waals surface area contributed by atoms with Crippen LogP contribution in [0.2, 0.25) is 0 Å². The van der Waals surface area contributed by atoms with Gasteiger partial charge >= 0.3 is 0 Å². The van der Waals surface area contributed by atoms with E-state index in [1.54, 1.807) is 34.4 Å².